The Morgan fingerprint density at radius 1 is 1.29 bits per heavy atom. The van der Waals surface area contributed by atoms with Crippen molar-refractivity contribution in [2.45, 2.75) is 0 Å². The molecule has 1 aromatic heterocycles. The predicted octanol–water partition coefficient (Wildman–Crippen LogP) is 2.16. The van der Waals surface area contributed by atoms with Gasteiger partial charge in [0.1, 0.15) is 5.75 Å². The normalized spacial score (nSPS) is 10.2. The molecular formula is C11H10N2O4. The molecule has 17 heavy (non-hydrogen) atoms. The molecule has 0 aliphatic heterocycles. The van der Waals surface area contributed by atoms with Gasteiger partial charge in [-0.2, -0.15) is 0 Å². The van der Waals surface area contributed by atoms with E-state index in [9.17, 15) is 10.1 Å². The van der Waals surface area contributed by atoms with Gasteiger partial charge in [0.2, 0.25) is 5.88 Å². The molecule has 0 saturated heterocycles. The summed E-state index contributed by atoms with van der Waals surface area (Å²) >= 11 is 0. The summed E-state index contributed by atoms with van der Waals surface area (Å²) in [6.45, 7) is 0. The molecule has 6 heteroatoms. The summed E-state index contributed by atoms with van der Waals surface area (Å²) < 4.78 is 10.1. The van der Waals surface area contributed by atoms with Gasteiger partial charge in [0.25, 0.3) is 5.69 Å². The summed E-state index contributed by atoms with van der Waals surface area (Å²) in [6, 6.07) is 6.30. The van der Waals surface area contributed by atoms with E-state index < -0.39 is 4.92 Å². The number of nitrogens with zero attached hydrogens (tertiary/aromatic N) is 2. The van der Waals surface area contributed by atoms with E-state index in [-0.39, 0.29) is 17.1 Å². The van der Waals surface area contributed by atoms with Gasteiger partial charge in [-0.1, -0.05) is 6.07 Å². The Morgan fingerprint density at radius 3 is 2.65 bits per heavy atom. The highest BCUT2D eigenvalue weighted by molar-refractivity contribution is 5.92. The Balaban J connectivity index is 2.84. The number of nitro benzene ring substituents is 1. The molecule has 0 aliphatic carbocycles. The molecule has 0 radical (unpaired) electrons. The van der Waals surface area contributed by atoms with E-state index in [2.05, 4.69) is 4.98 Å². The maximum atomic E-state index is 10.9. The van der Waals surface area contributed by atoms with Crippen molar-refractivity contribution in [2.75, 3.05) is 14.2 Å². The first-order valence-corrected chi connectivity index (χ1v) is 4.83. The van der Waals surface area contributed by atoms with E-state index in [1.54, 1.807) is 18.2 Å². The number of ether oxygens (including phenoxy) is 2. The molecular weight excluding hydrogens is 224 g/mol. The Labute approximate surface area is 96.9 Å². The van der Waals surface area contributed by atoms with Crippen molar-refractivity contribution < 1.29 is 14.4 Å². The number of rotatable bonds is 3. The van der Waals surface area contributed by atoms with Gasteiger partial charge >= 0.3 is 0 Å². The molecule has 88 valence electrons. The van der Waals surface area contributed by atoms with Crippen LogP contribution in [0.1, 0.15) is 0 Å². The third-order valence-corrected chi connectivity index (χ3v) is 2.38. The van der Waals surface area contributed by atoms with Gasteiger partial charge in [0.15, 0.2) is 5.52 Å². The maximum Gasteiger partial charge on any atom is 0.295 e. The second-order valence-corrected chi connectivity index (χ2v) is 3.30. The summed E-state index contributed by atoms with van der Waals surface area (Å²) in [7, 11) is 2.94. The lowest BCUT2D eigenvalue weighted by atomic mass is 10.2. The third-order valence-electron chi connectivity index (χ3n) is 2.38. The molecule has 2 rings (SSSR count). The number of methoxy groups -OCH3 is 2. The van der Waals surface area contributed by atoms with Crippen molar-refractivity contribution >= 4 is 16.6 Å². The average molecular weight is 234 g/mol. The summed E-state index contributed by atoms with van der Waals surface area (Å²) in [5.74, 6) is 0.777. The summed E-state index contributed by atoms with van der Waals surface area (Å²) in [4.78, 5) is 14.5. The fourth-order valence-corrected chi connectivity index (χ4v) is 1.60. The van der Waals surface area contributed by atoms with E-state index in [1.165, 1.54) is 20.3 Å². The number of hydrogen-bond donors (Lipinski definition) is 0. The first-order chi connectivity index (χ1) is 8.17. The van der Waals surface area contributed by atoms with Crippen LogP contribution in [0.2, 0.25) is 0 Å². The second kappa shape index (κ2) is 4.25. The first-order valence-electron chi connectivity index (χ1n) is 4.83. The highest BCUT2D eigenvalue weighted by Crippen LogP contribution is 2.33. The minimum absolute atomic E-state index is 0.0697. The van der Waals surface area contributed by atoms with Gasteiger partial charge in [0, 0.05) is 17.5 Å². The van der Waals surface area contributed by atoms with Crippen molar-refractivity contribution in [3.05, 3.63) is 34.4 Å². The van der Waals surface area contributed by atoms with Crippen molar-refractivity contribution in [1.82, 2.24) is 4.98 Å². The fraction of sp³-hybridized carbons (Fsp3) is 0.182. The molecule has 1 aromatic carbocycles. The van der Waals surface area contributed by atoms with E-state index in [0.29, 0.717) is 11.1 Å². The van der Waals surface area contributed by atoms with Gasteiger partial charge in [-0.15, -0.1) is 0 Å². The largest absolute Gasteiger partial charge is 0.496 e. The Kier molecular flexibility index (Phi) is 2.78. The Hall–Kier alpha value is -2.37. The van der Waals surface area contributed by atoms with Crippen LogP contribution in [0.25, 0.3) is 10.9 Å². The topological polar surface area (TPSA) is 74.5 Å². The van der Waals surface area contributed by atoms with Gasteiger partial charge in [0.05, 0.1) is 19.1 Å². The minimum atomic E-state index is -0.478. The van der Waals surface area contributed by atoms with Crippen LogP contribution in [0.5, 0.6) is 11.6 Å². The molecule has 0 spiro atoms. The summed E-state index contributed by atoms with van der Waals surface area (Å²) in [5, 5.41) is 11.5. The molecule has 0 fully saturated rings. The number of hydrogen-bond acceptors (Lipinski definition) is 5. The zero-order chi connectivity index (χ0) is 12.4. The van der Waals surface area contributed by atoms with Gasteiger partial charge in [-0.25, -0.2) is 4.98 Å². The zero-order valence-corrected chi connectivity index (χ0v) is 9.34. The van der Waals surface area contributed by atoms with Gasteiger partial charge < -0.3 is 9.47 Å². The molecule has 0 atom stereocenters. The zero-order valence-electron chi connectivity index (χ0n) is 9.34. The standard InChI is InChI=1S/C11H10N2O4/c1-16-9-6-10(17-2)12-11-7(9)4-3-5-8(11)13(14)15/h3-6H,1-2H3. The van der Waals surface area contributed by atoms with Crippen LogP contribution in [-0.2, 0) is 0 Å². The Bertz CT molecular complexity index is 583. The monoisotopic (exact) mass is 234 g/mol. The number of benzene rings is 1. The molecule has 0 unspecified atom stereocenters. The number of aromatic nitrogens is 1. The predicted molar refractivity (Wildman–Crippen MR) is 61.5 cm³/mol. The lowest BCUT2D eigenvalue weighted by Gasteiger charge is -2.07. The lowest BCUT2D eigenvalue weighted by molar-refractivity contribution is -0.383. The molecule has 0 saturated carbocycles. The summed E-state index contributed by atoms with van der Waals surface area (Å²) in [6.07, 6.45) is 0. The molecule has 0 bridgehead atoms. The van der Waals surface area contributed by atoms with Crippen molar-refractivity contribution in [1.29, 1.82) is 0 Å². The van der Waals surface area contributed by atoms with Crippen LogP contribution in [0.3, 0.4) is 0 Å². The van der Waals surface area contributed by atoms with E-state index >= 15 is 0 Å². The molecule has 1 heterocycles. The quantitative estimate of drug-likeness (QED) is 0.600. The SMILES string of the molecule is COc1cc(OC)c2cccc([N+](=O)[O-])c2n1. The minimum Gasteiger partial charge on any atom is -0.496 e. The van der Waals surface area contributed by atoms with E-state index in [4.69, 9.17) is 9.47 Å². The summed E-state index contributed by atoms with van der Waals surface area (Å²) in [5.41, 5.74) is 0.188. The van der Waals surface area contributed by atoms with Crippen LogP contribution < -0.4 is 9.47 Å². The van der Waals surface area contributed by atoms with Crippen LogP contribution in [0.15, 0.2) is 24.3 Å². The molecule has 2 aromatic rings. The number of para-hydroxylation sites is 1. The first kappa shape index (κ1) is 11.1. The number of fused-ring (bicyclic) bond motifs is 1. The van der Waals surface area contributed by atoms with Gasteiger partial charge in [-0.3, -0.25) is 10.1 Å². The number of pyridine rings is 1. The maximum absolute atomic E-state index is 10.9. The highest BCUT2D eigenvalue weighted by atomic mass is 16.6. The Morgan fingerprint density at radius 2 is 2.06 bits per heavy atom. The fourth-order valence-electron chi connectivity index (χ4n) is 1.60. The molecule has 6 nitrogen and oxygen atoms in total. The number of non-ortho nitro benzene ring substituents is 1. The third kappa shape index (κ3) is 1.84. The van der Waals surface area contributed by atoms with Gasteiger partial charge in [-0.05, 0) is 6.07 Å². The second-order valence-electron chi connectivity index (χ2n) is 3.30. The van der Waals surface area contributed by atoms with E-state index in [1.807, 2.05) is 0 Å². The van der Waals surface area contributed by atoms with E-state index in [0.717, 1.165) is 0 Å². The molecule has 0 aliphatic rings. The van der Waals surface area contributed by atoms with Crippen LogP contribution in [-0.4, -0.2) is 24.1 Å². The van der Waals surface area contributed by atoms with Crippen LogP contribution >= 0.6 is 0 Å². The van der Waals surface area contributed by atoms with Crippen molar-refractivity contribution in [2.24, 2.45) is 0 Å². The van der Waals surface area contributed by atoms with Crippen molar-refractivity contribution in [3.8, 4) is 11.6 Å². The number of nitro groups is 1. The lowest BCUT2D eigenvalue weighted by Crippen LogP contribution is -1.96. The highest BCUT2D eigenvalue weighted by Gasteiger charge is 2.16. The van der Waals surface area contributed by atoms with Crippen LogP contribution in [0, 0.1) is 10.1 Å². The van der Waals surface area contributed by atoms with Crippen LogP contribution in [0.4, 0.5) is 5.69 Å². The average Bonchev–Trinajstić information content (AvgIpc) is 2.36. The van der Waals surface area contributed by atoms with Crippen molar-refractivity contribution in [3.63, 3.8) is 0 Å². The molecule has 0 amide bonds. The smallest absolute Gasteiger partial charge is 0.295 e. The molecule has 0 N–H and O–H groups in total.